The summed E-state index contributed by atoms with van der Waals surface area (Å²) in [5, 5.41) is 0.431. The molecule has 0 unspecified atom stereocenters. The summed E-state index contributed by atoms with van der Waals surface area (Å²) in [6.07, 6.45) is 0. The number of hydrogen-bond donors (Lipinski definition) is 1. The van der Waals surface area contributed by atoms with E-state index in [1.54, 1.807) is 24.3 Å². The molecule has 0 aromatic heterocycles. The van der Waals surface area contributed by atoms with E-state index in [2.05, 4.69) is 9.62 Å². The van der Waals surface area contributed by atoms with Crippen molar-refractivity contribution in [2.75, 3.05) is 35.9 Å². The summed E-state index contributed by atoms with van der Waals surface area (Å²) in [6.45, 7) is 4.93. The van der Waals surface area contributed by atoms with Crippen LogP contribution in [0.1, 0.15) is 5.56 Å². The summed E-state index contributed by atoms with van der Waals surface area (Å²) in [5.41, 5.74) is 2.41. The van der Waals surface area contributed by atoms with Gasteiger partial charge in [0, 0.05) is 29.5 Å². The van der Waals surface area contributed by atoms with Gasteiger partial charge in [-0.3, -0.25) is 4.72 Å². The van der Waals surface area contributed by atoms with Gasteiger partial charge in [-0.25, -0.2) is 8.42 Å². The van der Waals surface area contributed by atoms with Crippen LogP contribution in [0, 0.1) is 6.92 Å². The van der Waals surface area contributed by atoms with E-state index in [9.17, 15) is 8.42 Å². The van der Waals surface area contributed by atoms with E-state index in [4.69, 9.17) is 16.3 Å². The number of sulfonamides is 1. The van der Waals surface area contributed by atoms with Crippen LogP contribution in [0.4, 0.5) is 11.4 Å². The summed E-state index contributed by atoms with van der Waals surface area (Å²) < 4.78 is 32.8. The lowest BCUT2D eigenvalue weighted by Gasteiger charge is -2.28. The fraction of sp³-hybridized carbons (Fsp3) is 0.294. The Morgan fingerprint density at radius 2 is 1.75 bits per heavy atom. The van der Waals surface area contributed by atoms with Gasteiger partial charge in [-0.05, 0) is 48.9 Å². The molecule has 1 aliphatic rings. The van der Waals surface area contributed by atoms with Gasteiger partial charge < -0.3 is 9.64 Å². The SMILES string of the molecule is Cc1ccc(S(=O)(=O)Nc2ccc(N3CCOCC3)cc2)cc1Cl. The van der Waals surface area contributed by atoms with Gasteiger partial charge >= 0.3 is 0 Å². The van der Waals surface area contributed by atoms with Gasteiger partial charge in [0.05, 0.1) is 18.1 Å². The van der Waals surface area contributed by atoms with Gasteiger partial charge in [0.25, 0.3) is 10.0 Å². The Hall–Kier alpha value is -1.76. The molecule has 128 valence electrons. The molecule has 1 aliphatic heterocycles. The van der Waals surface area contributed by atoms with Crippen molar-refractivity contribution in [3.63, 3.8) is 0 Å². The highest BCUT2D eigenvalue weighted by molar-refractivity contribution is 7.92. The van der Waals surface area contributed by atoms with Gasteiger partial charge in [-0.15, -0.1) is 0 Å². The second-order valence-corrected chi connectivity index (χ2v) is 7.75. The number of aryl methyl sites for hydroxylation is 1. The van der Waals surface area contributed by atoms with Gasteiger partial charge in [0.15, 0.2) is 0 Å². The molecule has 0 radical (unpaired) electrons. The Bertz CT molecular complexity index is 816. The zero-order chi connectivity index (χ0) is 17.2. The predicted molar refractivity (Wildman–Crippen MR) is 96.5 cm³/mol. The van der Waals surface area contributed by atoms with Crippen molar-refractivity contribution in [3.05, 3.63) is 53.1 Å². The van der Waals surface area contributed by atoms with Crippen molar-refractivity contribution in [1.82, 2.24) is 0 Å². The molecule has 1 fully saturated rings. The lowest BCUT2D eigenvalue weighted by Crippen LogP contribution is -2.36. The molecule has 3 rings (SSSR count). The highest BCUT2D eigenvalue weighted by Gasteiger charge is 2.16. The third kappa shape index (κ3) is 3.83. The van der Waals surface area contributed by atoms with Gasteiger partial charge in [0.2, 0.25) is 0 Å². The van der Waals surface area contributed by atoms with Crippen molar-refractivity contribution in [2.45, 2.75) is 11.8 Å². The number of rotatable bonds is 4. The quantitative estimate of drug-likeness (QED) is 0.902. The highest BCUT2D eigenvalue weighted by Crippen LogP contribution is 2.24. The van der Waals surface area contributed by atoms with Crippen LogP contribution in [-0.2, 0) is 14.8 Å². The normalized spacial score (nSPS) is 15.3. The van der Waals surface area contributed by atoms with E-state index in [1.165, 1.54) is 6.07 Å². The first kappa shape index (κ1) is 17.1. The maximum Gasteiger partial charge on any atom is 0.261 e. The third-order valence-electron chi connectivity index (χ3n) is 3.95. The van der Waals surface area contributed by atoms with Gasteiger partial charge in [-0.1, -0.05) is 17.7 Å². The minimum Gasteiger partial charge on any atom is -0.378 e. The molecule has 1 N–H and O–H groups in total. The first-order chi connectivity index (χ1) is 11.5. The molecular weight excluding hydrogens is 348 g/mol. The number of anilines is 2. The lowest BCUT2D eigenvalue weighted by molar-refractivity contribution is 0.122. The Morgan fingerprint density at radius 3 is 2.38 bits per heavy atom. The highest BCUT2D eigenvalue weighted by atomic mass is 35.5. The maximum absolute atomic E-state index is 12.5. The van der Waals surface area contributed by atoms with Crippen molar-refractivity contribution >= 4 is 33.0 Å². The van der Waals surface area contributed by atoms with E-state index < -0.39 is 10.0 Å². The van der Waals surface area contributed by atoms with E-state index in [0.29, 0.717) is 23.9 Å². The average Bonchev–Trinajstić information content (AvgIpc) is 2.58. The third-order valence-corrected chi connectivity index (χ3v) is 5.74. The minimum atomic E-state index is -3.66. The number of nitrogens with one attached hydrogen (secondary N) is 1. The number of benzene rings is 2. The van der Waals surface area contributed by atoms with Crippen LogP contribution in [0.3, 0.4) is 0 Å². The number of hydrogen-bond acceptors (Lipinski definition) is 4. The van der Waals surface area contributed by atoms with Gasteiger partial charge in [0.1, 0.15) is 0 Å². The Balaban J connectivity index is 1.76. The first-order valence-electron chi connectivity index (χ1n) is 7.67. The molecule has 0 spiro atoms. The molecular formula is C17H19ClN2O3S. The zero-order valence-electron chi connectivity index (χ0n) is 13.3. The van der Waals surface area contributed by atoms with Gasteiger partial charge in [-0.2, -0.15) is 0 Å². The van der Waals surface area contributed by atoms with Crippen LogP contribution in [0.2, 0.25) is 5.02 Å². The molecule has 1 heterocycles. The number of ether oxygens (including phenoxy) is 1. The van der Waals surface area contributed by atoms with Crippen molar-refractivity contribution in [3.8, 4) is 0 Å². The first-order valence-corrected chi connectivity index (χ1v) is 9.53. The van der Waals surface area contributed by atoms with Crippen LogP contribution in [-0.4, -0.2) is 34.7 Å². The zero-order valence-corrected chi connectivity index (χ0v) is 14.9. The van der Waals surface area contributed by atoms with Crippen LogP contribution in [0.25, 0.3) is 0 Å². The predicted octanol–water partition coefficient (Wildman–Crippen LogP) is 3.29. The lowest BCUT2D eigenvalue weighted by atomic mass is 10.2. The summed E-state index contributed by atoms with van der Waals surface area (Å²) in [5.74, 6) is 0. The summed E-state index contributed by atoms with van der Waals surface area (Å²) in [4.78, 5) is 2.36. The summed E-state index contributed by atoms with van der Waals surface area (Å²) >= 11 is 6.02. The van der Waals surface area contributed by atoms with Crippen LogP contribution >= 0.6 is 11.6 Å². The smallest absolute Gasteiger partial charge is 0.261 e. The van der Waals surface area contributed by atoms with E-state index in [0.717, 1.165) is 24.3 Å². The van der Waals surface area contributed by atoms with Crippen LogP contribution in [0.15, 0.2) is 47.4 Å². The topological polar surface area (TPSA) is 58.6 Å². The molecule has 0 amide bonds. The second kappa shape index (κ2) is 7.01. The summed E-state index contributed by atoms with van der Waals surface area (Å²) in [7, 11) is -3.66. The average molecular weight is 367 g/mol. The molecule has 2 aromatic rings. The molecule has 5 nitrogen and oxygen atoms in total. The molecule has 0 atom stereocenters. The fourth-order valence-electron chi connectivity index (χ4n) is 2.52. The van der Waals surface area contributed by atoms with Crippen LogP contribution < -0.4 is 9.62 Å². The molecule has 0 saturated carbocycles. The fourth-order valence-corrected chi connectivity index (χ4v) is 3.85. The van der Waals surface area contributed by atoms with E-state index in [-0.39, 0.29) is 4.90 Å². The Kier molecular flexibility index (Phi) is 4.99. The molecule has 0 aliphatic carbocycles. The standard InChI is InChI=1S/C17H19ClN2O3S/c1-13-2-7-16(12-17(13)18)24(21,22)19-14-3-5-15(6-4-14)20-8-10-23-11-9-20/h2-7,12,19H,8-11H2,1H3. The summed E-state index contributed by atoms with van der Waals surface area (Å²) in [6, 6.07) is 12.0. The Labute approximate surface area is 147 Å². The van der Waals surface area contributed by atoms with E-state index in [1.807, 2.05) is 19.1 Å². The number of morpholine rings is 1. The molecule has 0 bridgehead atoms. The number of halogens is 1. The largest absolute Gasteiger partial charge is 0.378 e. The Morgan fingerprint density at radius 1 is 1.08 bits per heavy atom. The molecule has 7 heteroatoms. The molecule has 24 heavy (non-hydrogen) atoms. The van der Waals surface area contributed by atoms with Crippen LogP contribution in [0.5, 0.6) is 0 Å². The van der Waals surface area contributed by atoms with Crippen molar-refractivity contribution in [1.29, 1.82) is 0 Å². The second-order valence-electron chi connectivity index (χ2n) is 5.66. The molecule has 1 saturated heterocycles. The molecule has 2 aromatic carbocycles. The number of nitrogens with zero attached hydrogens (tertiary/aromatic N) is 1. The van der Waals surface area contributed by atoms with Crippen molar-refractivity contribution in [2.24, 2.45) is 0 Å². The monoisotopic (exact) mass is 366 g/mol. The maximum atomic E-state index is 12.5. The van der Waals surface area contributed by atoms with E-state index >= 15 is 0 Å². The minimum absolute atomic E-state index is 0.148. The van der Waals surface area contributed by atoms with Crippen molar-refractivity contribution < 1.29 is 13.2 Å².